The Bertz CT molecular complexity index is 411. The highest BCUT2D eigenvalue weighted by Crippen LogP contribution is 2.01. The summed E-state index contributed by atoms with van der Waals surface area (Å²) in [5, 5.41) is 17.8. The number of hydrogen-bond acceptors (Lipinski definition) is 8. The first-order valence-corrected chi connectivity index (χ1v) is 6.87. The molecule has 0 bridgehead atoms. The highest BCUT2D eigenvalue weighted by molar-refractivity contribution is 8.33. The average molecular weight is 338 g/mol. The van der Waals surface area contributed by atoms with E-state index in [0.29, 0.717) is 23.5 Å². The van der Waals surface area contributed by atoms with Crippen LogP contribution in [0.15, 0.2) is 0 Å². The van der Waals surface area contributed by atoms with Crippen LogP contribution in [0.4, 0.5) is 0 Å². The lowest BCUT2D eigenvalue weighted by Crippen LogP contribution is -2.35. The topological polar surface area (TPSA) is 158 Å². The van der Waals surface area contributed by atoms with Crippen molar-refractivity contribution < 1.29 is 9.59 Å². The second kappa shape index (κ2) is 8.79. The van der Waals surface area contributed by atoms with Crippen molar-refractivity contribution >= 4 is 78.8 Å². The molecule has 0 rings (SSSR count). The van der Waals surface area contributed by atoms with Crippen molar-refractivity contribution in [2.45, 2.75) is 6.42 Å². The quantitative estimate of drug-likeness (QED) is 0.169. The monoisotopic (exact) mass is 338 g/mol. The number of rotatable bonds is 2. The van der Waals surface area contributed by atoms with Crippen LogP contribution in [0.2, 0.25) is 0 Å². The molecule has 0 aromatic rings. The molecule has 12 heteroatoms. The molecule has 0 aromatic carbocycles. The fourth-order valence-electron chi connectivity index (χ4n) is 0.713. The minimum atomic E-state index is -0.660. The molecule has 2 amide bonds. The summed E-state index contributed by atoms with van der Waals surface area (Å²) in [6.45, 7) is 0. The number of nitrogens with one attached hydrogen (secondary N) is 4. The van der Waals surface area contributed by atoms with E-state index in [-0.39, 0.29) is 19.0 Å². The molecule has 0 aromatic heterocycles. The molecule has 8 N–H and O–H groups in total. The largest absolute Gasteiger partial charge is 0.378 e. The van der Waals surface area contributed by atoms with Crippen LogP contribution < -0.4 is 22.1 Å². The fourth-order valence-corrected chi connectivity index (χ4v) is 2.21. The first-order chi connectivity index (χ1) is 8.70. The molecule has 0 aliphatic rings. The Hall–Kier alpha value is -1.24. The van der Waals surface area contributed by atoms with Gasteiger partial charge in [0, 0.05) is 0 Å². The van der Waals surface area contributed by atoms with Crippen molar-refractivity contribution in [2.24, 2.45) is 11.5 Å². The lowest BCUT2D eigenvalue weighted by molar-refractivity contribution is -0.127. The lowest BCUT2D eigenvalue weighted by atomic mass is 10.4. The molecule has 0 heterocycles. The van der Waals surface area contributed by atoms with Gasteiger partial charge in [-0.2, -0.15) is 0 Å². The zero-order chi connectivity index (χ0) is 15.0. The molecule has 0 fully saturated rings. The third-order valence-electron chi connectivity index (χ3n) is 1.21. The maximum Gasteiger partial charge on any atom is 0.234 e. The Morgan fingerprint density at radius 3 is 1.53 bits per heavy atom. The van der Waals surface area contributed by atoms with Crippen molar-refractivity contribution in [3.8, 4) is 0 Å². The number of carbonyl (C=O) groups excluding carboxylic acids is 2. The van der Waals surface area contributed by atoms with Gasteiger partial charge < -0.3 is 22.1 Å². The molecule has 19 heavy (non-hydrogen) atoms. The molecule has 8 nitrogen and oxygen atoms in total. The van der Waals surface area contributed by atoms with E-state index in [1.54, 1.807) is 0 Å². The molecule has 0 radical (unpaired) electrons. The van der Waals surface area contributed by atoms with Gasteiger partial charge in [0.2, 0.25) is 11.8 Å². The van der Waals surface area contributed by atoms with Gasteiger partial charge in [-0.25, -0.2) is 0 Å². The first kappa shape index (κ1) is 17.8. The minimum Gasteiger partial charge on any atom is -0.378 e. The van der Waals surface area contributed by atoms with E-state index in [2.05, 4.69) is 10.6 Å². The van der Waals surface area contributed by atoms with Crippen molar-refractivity contribution in [3.63, 3.8) is 0 Å². The summed E-state index contributed by atoms with van der Waals surface area (Å²) in [5.41, 5.74) is 10.1. The highest BCUT2D eigenvalue weighted by atomic mass is 32.2. The van der Waals surface area contributed by atoms with E-state index >= 15 is 0 Å². The molecule has 0 aliphatic heterocycles. The van der Waals surface area contributed by atoms with Gasteiger partial charge in [0.25, 0.3) is 0 Å². The predicted octanol–water partition coefficient (Wildman–Crippen LogP) is -0.568. The SMILES string of the molecule is N=C(N)SC(=S)NC(=O)CC(=O)NC(=S)SC(=N)N. The highest BCUT2D eigenvalue weighted by Gasteiger charge is 2.13. The van der Waals surface area contributed by atoms with Crippen LogP contribution in [0, 0.1) is 10.8 Å². The molecule has 0 saturated heterocycles. The number of hydrogen-bond donors (Lipinski definition) is 6. The van der Waals surface area contributed by atoms with E-state index in [4.69, 9.17) is 46.7 Å². The number of amides is 2. The van der Waals surface area contributed by atoms with Gasteiger partial charge in [0.1, 0.15) is 15.1 Å². The fraction of sp³-hybridized carbons (Fsp3) is 0.143. The van der Waals surface area contributed by atoms with Crippen LogP contribution in [0.3, 0.4) is 0 Å². The van der Waals surface area contributed by atoms with Crippen molar-refractivity contribution in [1.29, 1.82) is 10.8 Å². The number of carbonyl (C=O) groups is 2. The van der Waals surface area contributed by atoms with Gasteiger partial charge in [-0.1, -0.05) is 24.4 Å². The standard InChI is InChI=1S/C7H10N6O2S4/c8-4(9)18-6(16)12-2(14)1-3(15)13-7(17)19-5(10)11/h1H2,(H3,8,9)(H3,10,11)(H,12,14,16)(H,13,15,17). The van der Waals surface area contributed by atoms with Crippen molar-refractivity contribution in [1.82, 2.24) is 10.6 Å². The summed E-state index contributed by atoms with van der Waals surface area (Å²) in [5.74, 6) is -1.32. The van der Waals surface area contributed by atoms with Crippen molar-refractivity contribution in [2.75, 3.05) is 0 Å². The number of amidine groups is 2. The predicted molar refractivity (Wildman–Crippen MR) is 85.1 cm³/mol. The Morgan fingerprint density at radius 2 is 1.26 bits per heavy atom. The normalized spacial score (nSPS) is 9.26. The third kappa shape index (κ3) is 10.4. The second-order valence-corrected chi connectivity index (χ2v) is 6.22. The van der Waals surface area contributed by atoms with Gasteiger partial charge in [-0.05, 0) is 23.5 Å². The van der Waals surface area contributed by atoms with Gasteiger partial charge in [0.15, 0.2) is 10.3 Å². The summed E-state index contributed by atoms with van der Waals surface area (Å²) in [4.78, 5) is 22.7. The molecule has 0 saturated carbocycles. The Kier molecular flexibility index (Phi) is 8.22. The molecule has 0 aliphatic carbocycles. The second-order valence-electron chi connectivity index (χ2n) is 2.78. The molecule has 0 unspecified atom stereocenters. The Morgan fingerprint density at radius 1 is 0.947 bits per heavy atom. The van der Waals surface area contributed by atoms with Gasteiger partial charge >= 0.3 is 0 Å². The summed E-state index contributed by atoms with van der Waals surface area (Å²) in [6, 6.07) is 0. The molecule has 0 spiro atoms. The summed E-state index contributed by atoms with van der Waals surface area (Å²) < 4.78 is -0.0445. The zero-order valence-corrected chi connectivity index (χ0v) is 12.6. The van der Waals surface area contributed by atoms with Gasteiger partial charge in [-0.3, -0.25) is 20.4 Å². The third-order valence-corrected chi connectivity index (χ3v) is 2.93. The summed E-state index contributed by atoms with van der Waals surface area (Å²) in [7, 11) is 0. The number of thiocarbonyl (C=S) groups is 2. The molecule has 0 atom stereocenters. The van der Waals surface area contributed by atoms with Crippen LogP contribution >= 0.6 is 48.0 Å². The Labute approximate surface area is 127 Å². The van der Waals surface area contributed by atoms with E-state index in [1.807, 2.05) is 0 Å². The van der Waals surface area contributed by atoms with Gasteiger partial charge in [-0.15, -0.1) is 0 Å². The van der Waals surface area contributed by atoms with Crippen LogP contribution in [0.5, 0.6) is 0 Å². The van der Waals surface area contributed by atoms with Crippen molar-refractivity contribution in [3.05, 3.63) is 0 Å². The zero-order valence-electron chi connectivity index (χ0n) is 9.31. The van der Waals surface area contributed by atoms with Crippen LogP contribution in [-0.2, 0) is 9.59 Å². The summed E-state index contributed by atoms with van der Waals surface area (Å²) >= 11 is 10.8. The minimum absolute atomic E-state index is 0.0222. The van der Waals surface area contributed by atoms with E-state index in [0.717, 1.165) is 0 Å². The maximum atomic E-state index is 11.3. The molecular weight excluding hydrogens is 328 g/mol. The van der Waals surface area contributed by atoms with Crippen LogP contribution in [-0.4, -0.2) is 30.8 Å². The van der Waals surface area contributed by atoms with E-state index in [1.165, 1.54) is 0 Å². The first-order valence-electron chi connectivity index (χ1n) is 4.42. The van der Waals surface area contributed by atoms with Crippen LogP contribution in [0.25, 0.3) is 0 Å². The maximum absolute atomic E-state index is 11.3. The van der Waals surface area contributed by atoms with E-state index < -0.39 is 18.2 Å². The average Bonchev–Trinajstić information content (AvgIpc) is 2.12. The van der Waals surface area contributed by atoms with Crippen LogP contribution in [0.1, 0.15) is 6.42 Å². The summed E-state index contributed by atoms with van der Waals surface area (Å²) in [6.07, 6.45) is -0.503. The lowest BCUT2D eigenvalue weighted by Gasteiger charge is -2.06. The Balaban J connectivity index is 4.09. The van der Waals surface area contributed by atoms with Gasteiger partial charge in [0.05, 0.1) is 0 Å². The molecule has 104 valence electrons. The molecular formula is C7H10N6O2S4. The number of nitrogens with two attached hydrogens (primary N) is 2. The van der Waals surface area contributed by atoms with E-state index in [9.17, 15) is 9.59 Å². The smallest absolute Gasteiger partial charge is 0.234 e. The number of thioether (sulfide) groups is 2.